The number of rotatable bonds is 4. The first-order chi connectivity index (χ1) is 12.1. The van der Waals surface area contributed by atoms with Crippen molar-refractivity contribution >= 4 is 5.91 Å². The second kappa shape index (κ2) is 8.30. The van der Waals surface area contributed by atoms with Crippen LogP contribution in [0.1, 0.15) is 19.4 Å². The van der Waals surface area contributed by atoms with E-state index in [1.54, 1.807) is 0 Å². The predicted octanol–water partition coefficient (Wildman–Crippen LogP) is 1.59. The molecule has 5 nitrogen and oxygen atoms in total. The van der Waals surface area contributed by atoms with Crippen LogP contribution in [-0.2, 0) is 16.1 Å². The number of nitrogens with one attached hydrogen (secondary N) is 1. The third kappa shape index (κ3) is 4.40. The molecule has 1 aromatic carbocycles. The summed E-state index contributed by atoms with van der Waals surface area (Å²) in [5, 5.41) is 3.25. The van der Waals surface area contributed by atoms with E-state index >= 15 is 0 Å². The number of morpholine rings is 1. The van der Waals surface area contributed by atoms with Crippen LogP contribution >= 0.6 is 0 Å². The van der Waals surface area contributed by atoms with Gasteiger partial charge in [0, 0.05) is 45.8 Å². The first-order valence-electron chi connectivity index (χ1n) is 9.41. The summed E-state index contributed by atoms with van der Waals surface area (Å²) < 4.78 is 5.66. The van der Waals surface area contributed by atoms with Gasteiger partial charge in [-0.25, -0.2) is 0 Å². The second-order valence-corrected chi connectivity index (χ2v) is 7.64. The number of hydrogen-bond acceptors (Lipinski definition) is 4. The van der Waals surface area contributed by atoms with Gasteiger partial charge < -0.3 is 15.0 Å². The number of hydrogen-bond donors (Lipinski definition) is 1. The molecule has 3 atom stereocenters. The molecule has 0 spiro atoms. The van der Waals surface area contributed by atoms with Gasteiger partial charge >= 0.3 is 0 Å². The van der Waals surface area contributed by atoms with E-state index in [0.29, 0.717) is 25.0 Å². The molecule has 2 aliphatic rings. The highest BCUT2D eigenvalue weighted by atomic mass is 16.5. The Kier molecular flexibility index (Phi) is 6.10. The van der Waals surface area contributed by atoms with E-state index < -0.39 is 0 Å². The minimum absolute atomic E-state index is 0.118. The lowest BCUT2D eigenvalue weighted by Gasteiger charge is -2.46. The van der Waals surface area contributed by atoms with Crippen molar-refractivity contribution in [2.75, 3.05) is 39.8 Å². The van der Waals surface area contributed by atoms with Crippen LogP contribution in [0.4, 0.5) is 0 Å². The number of benzene rings is 1. The summed E-state index contributed by atoms with van der Waals surface area (Å²) in [5.41, 5.74) is 1.35. The highest BCUT2D eigenvalue weighted by Crippen LogP contribution is 2.28. The van der Waals surface area contributed by atoms with E-state index in [0.717, 1.165) is 26.2 Å². The van der Waals surface area contributed by atoms with Crippen LogP contribution < -0.4 is 5.32 Å². The third-order valence-corrected chi connectivity index (χ3v) is 5.51. The molecule has 25 heavy (non-hydrogen) atoms. The van der Waals surface area contributed by atoms with Crippen molar-refractivity contribution in [2.24, 2.45) is 11.8 Å². The number of amides is 1. The Morgan fingerprint density at radius 2 is 1.92 bits per heavy atom. The van der Waals surface area contributed by atoms with Gasteiger partial charge in [-0.05, 0) is 17.4 Å². The van der Waals surface area contributed by atoms with Gasteiger partial charge in [0.15, 0.2) is 0 Å². The first kappa shape index (κ1) is 18.4. The molecule has 3 rings (SSSR count). The molecule has 138 valence electrons. The SMILES string of the molecule is CC1CN(Cc2ccccc2)CC(C)C1N(C)C(=O)C1CNCCO1. The lowest BCUT2D eigenvalue weighted by atomic mass is 9.84. The van der Waals surface area contributed by atoms with Crippen LogP contribution in [0.25, 0.3) is 0 Å². The van der Waals surface area contributed by atoms with Crippen molar-refractivity contribution in [2.45, 2.75) is 32.5 Å². The highest BCUT2D eigenvalue weighted by Gasteiger charge is 2.38. The zero-order valence-electron chi connectivity index (χ0n) is 15.6. The monoisotopic (exact) mass is 345 g/mol. The lowest BCUT2D eigenvalue weighted by molar-refractivity contribution is -0.149. The first-order valence-corrected chi connectivity index (χ1v) is 9.41. The van der Waals surface area contributed by atoms with E-state index in [1.807, 2.05) is 11.9 Å². The Morgan fingerprint density at radius 1 is 1.24 bits per heavy atom. The summed E-state index contributed by atoms with van der Waals surface area (Å²) in [6.07, 6.45) is -0.333. The number of carbonyl (C=O) groups excluding carboxylic acids is 1. The van der Waals surface area contributed by atoms with Crippen molar-refractivity contribution < 1.29 is 9.53 Å². The summed E-state index contributed by atoms with van der Waals surface area (Å²) >= 11 is 0. The van der Waals surface area contributed by atoms with Gasteiger partial charge in [0.1, 0.15) is 6.10 Å². The summed E-state index contributed by atoms with van der Waals surface area (Å²) in [6, 6.07) is 10.9. The molecule has 0 aromatic heterocycles. The van der Waals surface area contributed by atoms with Crippen molar-refractivity contribution in [1.29, 1.82) is 0 Å². The van der Waals surface area contributed by atoms with Gasteiger partial charge in [-0.15, -0.1) is 0 Å². The quantitative estimate of drug-likeness (QED) is 0.900. The average Bonchev–Trinajstić information content (AvgIpc) is 2.62. The summed E-state index contributed by atoms with van der Waals surface area (Å²) in [4.78, 5) is 17.3. The third-order valence-electron chi connectivity index (χ3n) is 5.51. The Balaban J connectivity index is 1.60. The maximum absolute atomic E-state index is 12.8. The summed E-state index contributed by atoms with van der Waals surface area (Å²) in [7, 11) is 1.95. The molecule has 2 saturated heterocycles. The number of nitrogens with zero attached hydrogens (tertiary/aromatic N) is 2. The second-order valence-electron chi connectivity index (χ2n) is 7.64. The molecule has 0 aliphatic carbocycles. The number of ether oxygens (including phenoxy) is 1. The molecule has 2 aliphatic heterocycles. The van der Waals surface area contributed by atoms with Crippen molar-refractivity contribution in [1.82, 2.24) is 15.1 Å². The lowest BCUT2D eigenvalue weighted by Crippen LogP contribution is -2.58. The van der Waals surface area contributed by atoms with E-state index in [2.05, 4.69) is 54.4 Å². The van der Waals surface area contributed by atoms with Crippen LogP contribution in [0, 0.1) is 11.8 Å². The van der Waals surface area contributed by atoms with Crippen LogP contribution in [0.2, 0.25) is 0 Å². The Bertz CT molecular complexity index is 547. The average molecular weight is 345 g/mol. The Morgan fingerprint density at radius 3 is 2.52 bits per heavy atom. The van der Waals surface area contributed by atoms with Crippen molar-refractivity contribution in [3.8, 4) is 0 Å². The van der Waals surface area contributed by atoms with Gasteiger partial charge in [-0.2, -0.15) is 0 Å². The molecular weight excluding hydrogens is 314 g/mol. The van der Waals surface area contributed by atoms with Gasteiger partial charge in [-0.3, -0.25) is 9.69 Å². The fourth-order valence-electron chi connectivity index (χ4n) is 4.50. The molecule has 1 amide bonds. The van der Waals surface area contributed by atoms with Gasteiger partial charge in [-0.1, -0.05) is 44.2 Å². The minimum Gasteiger partial charge on any atom is -0.366 e. The van der Waals surface area contributed by atoms with Gasteiger partial charge in [0.25, 0.3) is 5.91 Å². The van der Waals surface area contributed by atoms with Gasteiger partial charge in [0.05, 0.1) is 6.61 Å². The normalized spacial score (nSPS) is 30.8. The zero-order chi connectivity index (χ0) is 17.8. The molecule has 2 heterocycles. The van der Waals surface area contributed by atoms with Crippen LogP contribution in [0.3, 0.4) is 0 Å². The van der Waals surface area contributed by atoms with Crippen LogP contribution in [0.5, 0.6) is 0 Å². The molecule has 1 aromatic rings. The van der Waals surface area contributed by atoms with Crippen molar-refractivity contribution in [3.05, 3.63) is 35.9 Å². The molecule has 5 heteroatoms. The standard InChI is InChI=1S/C20H31N3O2/c1-15-12-23(14-17-7-5-4-6-8-17)13-16(2)19(15)22(3)20(24)18-11-21-9-10-25-18/h4-8,15-16,18-19,21H,9-14H2,1-3H3. The maximum atomic E-state index is 12.8. The van der Waals surface area contributed by atoms with E-state index in [9.17, 15) is 4.79 Å². The molecule has 0 saturated carbocycles. The van der Waals surface area contributed by atoms with E-state index in [1.165, 1.54) is 5.56 Å². The van der Waals surface area contributed by atoms with Crippen LogP contribution in [-0.4, -0.2) is 67.7 Å². The predicted molar refractivity (Wildman–Crippen MR) is 99.2 cm³/mol. The van der Waals surface area contributed by atoms with Crippen molar-refractivity contribution in [3.63, 3.8) is 0 Å². The Hall–Kier alpha value is -1.43. The smallest absolute Gasteiger partial charge is 0.253 e. The zero-order valence-corrected chi connectivity index (χ0v) is 15.6. The highest BCUT2D eigenvalue weighted by molar-refractivity contribution is 5.81. The molecule has 3 unspecified atom stereocenters. The fourth-order valence-corrected chi connectivity index (χ4v) is 4.50. The van der Waals surface area contributed by atoms with Crippen LogP contribution in [0.15, 0.2) is 30.3 Å². The number of piperidine rings is 1. The summed E-state index contributed by atoms with van der Waals surface area (Å²) in [6.45, 7) is 9.62. The number of likely N-dealkylation sites (N-methyl/N-ethyl adjacent to an activating group) is 1. The molecular formula is C20H31N3O2. The van der Waals surface area contributed by atoms with Gasteiger partial charge in [0.2, 0.25) is 0 Å². The number of likely N-dealkylation sites (tertiary alicyclic amines) is 1. The largest absolute Gasteiger partial charge is 0.366 e. The van der Waals surface area contributed by atoms with E-state index in [4.69, 9.17) is 4.74 Å². The molecule has 2 fully saturated rings. The number of carbonyl (C=O) groups is 1. The fraction of sp³-hybridized carbons (Fsp3) is 0.650. The minimum atomic E-state index is -0.333. The molecule has 0 bridgehead atoms. The van der Waals surface area contributed by atoms with E-state index in [-0.39, 0.29) is 18.1 Å². The maximum Gasteiger partial charge on any atom is 0.253 e. The topological polar surface area (TPSA) is 44.8 Å². The molecule has 1 N–H and O–H groups in total. The Labute approximate surface area is 151 Å². The molecule has 0 radical (unpaired) electrons. The summed E-state index contributed by atoms with van der Waals surface area (Å²) in [5.74, 6) is 1.00.